The van der Waals surface area contributed by atoms with Crippen LogP contribution in [0.2, 0.25) is 0 Å². The van der Waals surface area contributed by atoms with E-state index in [0.717, 1.165) is 42.1 Å². The first kappa shape index (κ1) is 19.9. The van der Waals surface area contributed by atoms with Gasteiger partial charge in [-0.05, 0) is 44.6 Å². The zero-order valence-electron chi connectivity index (χ0n) is 17.0. The summed E-state index contributed by atoms with van der Waals surface area (Å²) >= 11 is 0. The molecule has 28 heavy (non-hydrogen) atoms. The zero-order valence-corrected chi connectivity index (χ0v) is 17.0. The summed E-state index contributed by atoms with van der Waals surface area (Å²) in [5.74, 6) is -0.485. The molecular weight excluding hydrogens is 352 g/mol. The van der Waals surface area contributed by atoms with Crippen molar-refractivity contribution in [1.29, 1.82) is 0 Å². The number of aromatic nitrogens is 1. The van der Waals surface area contributed by atoms with E-state index in [4.69, 9.17) is 0 Å². The van der Waals surface area contributed by atoms with Gasteiger partial charge in [-0.2, -0.15) is 0 Å². The summed E-state index contributed by atoms with van der Waals surface area (Å²) < 4.78 is 0. The number of nitrogens with one attached hydrogen (secondary N) is 3. The summed E-state index contributed by atoms with van der Waals surface area (Å²) in [7, 11) is 0. The predicted octanol–water partition coefficient (Wildman–Crippen LogP) is 2.95. The summed E-state index contributed by atoms with van der Waals surface area (Å²) in [6, 6.07) is 9.45. The van der Waals surface area contributed by atoms with E-state index in [0.29, 0.717) is 23.4 Å². The number of carbonyl (C=O) groups is 2. The molecule has 0 fully saturated rings. The third-order valence-corrected chi connectivity index (χ3v) is 5.16. The first-order chi connectivity index (χ1) is 13.5. The van der Waals surface area contributed by atoms with Crippen LogP contribution in [0.3, 0.4) is 0 Å². The number of amides is 2. The van der Waals surface area contributed by atoms with Crippen molar-refractivity contribution < 1.29 is 9.59 Å². The summed E-state index contributed by atoms with van der Waals surface area (Å²) in [6.45, 7) is 11.3. The van der Waals surface area contributed by atoms with Crippen LogP contribution in [0.1, 0.15) is 36.4 Å². The molecule has 148 valence electrons. The fourth-order valence-corrected chi connectivity index (χ4v) is 3.66. The van der Waals surface area contributed by atoms with Gasteiger partial charge in [0, 0.05) is 30.0 Å². The molecule has 1 aromatic carbocycles. The van der Waals surface area contributed by atoms with Gasteiger partial charge in [-0.3, -0.25) is 9.59 Å². The molecule has 0 saturated heterocycles. The monoisotopic (exact) mass is 380 g/mol. The molecule has 3 rings (SSSR count). The highest BCUT2D eigenvalue weighted by atomic mass is 16.2. The summed E-state index contributed by atoms with van der Waals surface area (Å²) in [5, 5.41) is 5.88. The Hall–Kier alpha value is -2.86. The van der Waals surface area contributed by atoms with Crippen molar-refractivity contribution in [3.8, 4) is 0 Å². The van der Waals surface area contributed by atoms with E-state index in [-0.39, 0.29) is 11.8 Å². The number of rotatable bonds is 7. The molecule has 0 atom stereocenters. The van der Waals surface area contributed by atoms with Gasteiger partial charge in [0.2, 0.25) is 0 Å². The van der Waals surface area contributed by atoms with E-state index in [2.05, 4.69) is 34.4 Å². The molecule has 0 spiro atoms. The maximum absolute atomic E-state index is 13.2. The van der Waals surface area contributed by atoms with Crippen LogP contribution in [-0.2, 0) is 9.59 Å². The van der Waals surface area contributed by atoms with Crippen LogP contribution in [0, 0.1) is 13.8 Å². The van der Waals surface area contributed by atoms with Gasteiger partial charge >= 0.3 is 0 Å². The van der Waals surface area contributed by atoms with E-state index in [1.54, 1.807) is 0 Å². The van der Waals surface area contributed by atoms with E-state index in [1.165, 1.54) is 0 Å². The number of fused-ring (bicyclic) bond motifs is 1. The van der Waals surface area contributed by atoms with Crippen molar-refractivity contribution in [3.63, 3.8) is 0 Å². The largest absolute Gasteiger partial charge is 0.358 e. The van der Waals surface area contributed by atoms with Crippen molar-refractivity contribution in [1.82, 2.24) is 15.2 Å². The van der Waals surface area contributed by atoms with Crippen LogP contribution in [-0.4, -0.2) is 47.9 Å². The molecule has 0 radical (unpaired) electrons. The Labute approximate surface area is 166 Å². The molecule has 2 amide bonds. The molecule has 2 aromatic rings. The van der Waals surface area contributed by atoms with E-state index in [9.17, 15) is 9.59 Å². The van der Waals surface area contributed by atoms with Gasteiger partial charge in [0.15, 0.2) is 0 Å². The topological polar surface area (TPSA) is 77.2 Å². The molecule has 1 aromatic heterocycles. The van der Waals surface area contributed by atoms with Crippen LogP contribution in [0.15, 0.2) is 30.3 Å². The minimum absolute atomic E-state index is 0.237. The van der Waals surface area contributed by atoms with Crippen LogP contribution < -0.4 is 10.6 Å². The van der Waals surface area contributed by atoms with Gasteiger partial charge < -0.3 is 20.5 Å². The first-order valence-electron chi connectivity index (χ1n) is 9.78. The second-order valence-electron chi connectivity index (χ2n) is 7.04. The van der Waals surface area contributed by atoms with Gasteiger partial charge in [0.05, 0.1) is 16.8 Å². The Bertz CT molecular complexity index is 922. The SMILES string of the molecule is CCN(CC)CCNC(=O)/C(=C1\C(=O)Nc2ccccc21)c1[nH]c(C)cc1C. The smallest absolute Gasteiger partial charge is 0.257 e. The molecule has 6 heteroatoms. The molecule has 2 heterocycles. The zero-order chi connectivity index (χ0) is 20.3. The quantitative estimate of drug-likeness (QED) is 0.647. The Morgan fingerprint density at radius 3 is 2.50 bits per heavy atom. The maximum Gasteiger partial charge on any atom is 0.257 e. The van der Waals surface area contributed by atoms with Crippen LogP contribution >= 0.6 is 0 Å². The standard InChI is InChI=1S/C22H28N4O2/c1-5-26(6-2)12-11-23-21(27)19(20-14(3)13-15(4)24-20)18-16-9-7-8-10-17(16)25-22(18)28/h7-10,13,24H,5-6,11-12H2,1-4H3,(H,23,27)(H,25,28)/b19-18-. The molecule has 0 unspecified atom stereocenters. The average molecular weight is 380 g/mol. The lowest BCUT2D eigenvalue weighted by molar-refractivity contribution is -0.116. The number of likely N-dealkylation sites (N-methyl/N-ethyl adjacent to an activating group) is 1. The Kier molecular flexibility index (Phi) is 5.99. The second kappa shape index (κ2) is 8.44. The van der Waals surface area contributed by atoms with Crippen LogP contribution in [0.25, 0.3) is 11.1 Å². The number of carbonyl (C=O) groups excluding carboxylic acids is 2. The minimum atomic E-state index is -0.248. The van der Waals surface area contributed by atoms with Crippen LogP contribution in [0.4, 0.5) is 5.69 Å². The highest BCUT2D eigenvalue weighted by Gasteiger charge is 2.32. The van der Waals surface area contributed by atoms with E-state index in [1.807, 2.05) is 44.2 Å². The van der Waals surface area contributed by atoms with Gasteiger partial charge in [-0.15, -0.1) is 0 Å². The van der Waals surface area contributed by atoms with Crippen molar-refractivity contribution in [2.75, 3.05) is 31.5 Å². The molecule has 1 aliphatic rings. The number of aryl methyl sites for hydroxylation is 2. The number of H-pyrrole nitrogens is 1. The lowest BCUT2D eigenvalue weighted by Crippen LogP contribution is -2.35. The number of benzene rings is 1. The summed E-state index contributed by atoms with van der Waals surface area (Å²) in [4.78, 5) is 31.5. The van der Waals surface area contributed by atoms with E-state index < -0.39 is 0 Å². The fraction of sp³-hybridized carbons (Fsp3) is 0.364. The number of anilines is 1. The minimum Gasteiger partial charge on any atom is -0.358 e. The lowest BCUT2D eigenvalue weighted by Gasteiger charge is -2.18. The average Bonchev–Trinajstić information content (AvgIpc) is 3.18. The molecule has 6 nitrogen and oxygen atoms in total. The molecular formula is C22H28N4O2. The second-order valence-corrected chi connectivity index (χ2v) is 7.04. The normalized spacial score (nSPS) is 14.8. The summed E-state index contributed by atoms with van der Waals surface area (Å²) in [5.41, 5.74) is 4.89. The molecule has 3 N–H and O–H groups in total. The number of para-hydroxylation sites is 1. The van der Waals surface area contributed by atoms with Gasteiger partial charge in [0.25, 0.3) is 11.8 Å². The molecule has 0 bridgehead atoms. The number of hydrogen-bond acceptors (Lipinski definition) is 3. The highest BCUT2D eigenvalue weighted by molar-refractivity contribution is 6.45. The molecule has 0 saturated carbocycles. The van der Waals surface area contributed by atoms with Gasteiger partial charge in [0.1, 0.15) is 0 Å². The first-order valence-corrected chi connectivity index (χ1v) is 9.78. The van der Waals surface area contributed by atoms with Crippen molar-refractivity contribution >= 4 is 28.6 Å². The fourth-order valence-electron chi connectivity index (χ4n) is 3.66. The molecule has 0 aliphatic carbocycles. The number of hydrogen-bond donors (Lipinski definition) is 3. The Morgan fingerprint density at radius 1 is 1.14 bits per heavy atom. The van der Waals surface area contributed by atoms with E-state index >= 15 is 0 Å². The molecule has 1 aliphatic heterocycles. The lowest BCUT2D eigenvalue weighted by atomic mass is 9.96. The maximum atomic E-state index is 13.2. The number of aromatic amines is 1. The Morgan fingerprint density at radius 2 is 1.86 bits per heavy atom. The van der Waals surface area contributed by atoms with Crippen LogP contribution in [0.5, 0.6) is 0 Å². The third-order valence-electron chi connectivity index (χ3n) is 5.16. The number of nitrogens with zero attached hydrogens (tertiary/aromatic N) is 1. The highest BCUT2D eigenvalue weighted by Crippen LogP contribution is 2.37. The van der Waals surface area contributed by atoms with Crippen molar-refractivity contribution in [2.45, 2.75) is 27.7 Å². The van der Waals surface area contributed by atoms with Crippen molar-refractivity contribution in [2.24, 2.45) is 0 Å². The predicted molar refractivity (Wildman–Crippen MR) is 113 cm³/mol. The van der Waals surface area contributed by atoms with Gasteiger partial charge in [-0.1, -0.05) is 32.0 Å². The Balaban J connectivity index is 2.01. The summed E-state index contributed by atoms with van der Waals surface area (Å²) in [6.07, 6.45) is 0. The van der Waals surface area contributed by atoms with Gasteiger partial charge in [-0.25, -0.2) is 0 Å². The third kappa shape index (κ3) is 3.87. The van der Waals surface area contributed by atoms with Crippen molar-refractivity contribution in [3.05, 3.63) is 52.8 Å².